The number of carbonyl (C=O) groups is 1. The molecule has 1 aliphatic rings. The maximum atomic E-state index is 12.1. The number of thiophene rings is 1. The van der Waals surface area contributed by atoms with Crippen LogP contribution in [0.15, 0.2) is 15.9 Å². The third kappa shape index (κ3) is 3.16. The van der Waals surface area contributed by atoms with Crippen LogP contribution in [0.2, 0.25) is 0 Å². The van der Waals surface area contributed by atoms with E-state index in [2.05, 4.69) is 20.8 Å². The van der Waals surface area contributed by atoms with Crippen LogP contribution < -0.4 is 0 Å². The van der Waals surface area contributed by atoms with E-state index in [9.17, 15) is 9.90 Å². The zero-order chi connectivity index (χ0) is 12.4. The van der Waals surface area contributed by atoms with Crippen molar-refractivity contribution in [3.8, 4) is 0 Å². The number of hydrogen-bond acceptors (Lipinski definition) is 4. The number of carbonyl (C=O) groups excluding carboxylic acids is 1. The molecule has 0 saturated carbocycles. The summed E-state index contributed by atoms with van der Waals surface area (Å²) in [4.78, 5) is 15.0. The summed E-state index contributed by atoms with van der Waals surface area (Å²) in [5, 5.41) is 11.6. The van der Waals surface area contributed by atoms with Crippen LogP contribution in [0.5, 0.6) is 0 Å². The van der Waals surface area contributed by atoms with Crippen molar-refractivity contribution in [2.24, 2.45) is 5.92 Å². The SMILES string of the molecule is CC1CN(CC(=O)c2sccc2Br)CCC1O. The van der Waals surface area contributed by atoms with E-state index in [0.29, 0.717) is 6.54 Å². The Hall–Kier alpha value is -0.230. The number of rotatable bonds is 3. The highest BCUT2D eigenvalue weighted by Crippen LogP contribution is 2.24. The molecule has 0 amide bonds. The Balaban J connectivity index is 1.94. The molecule has 0 spiro atoms. The molecule has 3 nitrogen and oxygen atoms in total. The summed E-state index contributed by atoms with van der Waals surface area (Å²) in [7, 11) is 0. The minimum Gasteiger partial charge on any atom is -0.393 e. The maximum absolute atomic E-state index is 12.1. The normalized spacial score (nSPS) is 26.1. The van der Waals surface area contributed by atoms with Gasteiger partial charge in [-0.05, 0) is 39.7 Å². The highest BCUT2D eigenvalue weighted by atomic mass is 79.9. The fourth-order valence-corrected chi connectivity index (χ4v) is 3.66. The van der Waals surface area contributed by atoms with E-state index in [4.69, 9.17) is 0 Å². The van der Waals surface area contributed by atoms with E-state index in [1.165, 1.54) is 11.3 Å². The molecule has 94 valence electrons. The molecule has 1 aromatic heterocycles. The second kappa shape index (κ2) is 5.61. The largest absolute Gasteiger partial charge is 0.393 e. The van der Waals surface area contributed by atoms with Crippen LogP contribution in [0.1, 0.15) is 23.0 Å². The summed E-state index contributed by atoms with van der Waals surface area (Å²) >= 11 is 4.86. The van der Waals surface area contributed by atoms with E-state index < -0.39 is 0 Å². The van der Waals surface area contributed by atoms with Crippen molar-refractivity contribution >= 4 is 33.0 Å². The summed E-state index contributed by atoms with van der Waals surface area (Å²) in [6.45, 7) is 4.09. The molecule has 0 aliphatic carbocycles. The Morgan fingerprint density at radius 1 is 1.71 bits per heavy atom. The van der Waals surface area contributed by atoms with Crippen LogP contribution in [-0.2, 0) is 0 Å². The molecule has 1 aromatic rings. The first-order valence-electron chi connectivity index (χ1n) is 5.74. The number of nitrogens with zero attached hydrogens (tertiary/aromatic N) is 1. The lowest BCUT2D eigenvalue weighted by molar-refractivity contribution is 0.0345. The van der Waals surface area contributed by atoms with Gasteiger partial charge in [0, 0.05) is 17.6 Å². The minimum absolute atomic E-state index is 0.162. The van der Waals surface area contributed by atoms with Gasteiger partial charge in [-0.15, -0.1) is 11.3 Å². The lowest BCUT2D eigenvalue weighted by Crippen LogP contribution is -2.43. The van der Waals surface area contributed by atoms with Crippen LogP contribution in [0.4, 0.5) is 0 Å². The molecular weight excluding hydrogens is 302 g/mol. The van der Waals surface area contributed by atoms with Gasteiger partial charge in [0.1, 0.15) is 0 Å². The molecule has 1 saturated heterocycles. The van der Waals surface area contributed by atoms with Gasteiger partial charge < -0.3 is 5.11 Å². The van der Waals surface area contributed by atoms with Crippen LogP contribution in [-0.4, -0.2) is 41.5 Å². The van der Waals surface area contributed by atoms with Gasteiger partial charge in [0.2, 0.25) is 0 Å². The topological polar surface area (TPSA) is 40.5 Å². The first-order valence-corrected chi connectivity index (χ1v) is 7.42. The molecule has 0 radical (unpaired) electrons. The Morgan fingerprint density at radius 2 is 2.47 bits per heavy atom. The minimum atomic E-state index is -0.213. The number of halogens is 1. The van der Waals surface area contributed by atoms with Crippen molar-refractivity contribution < 1.29 is 9.90 Å². The van der Waals surface area contributed by atoms with Crippen molar-refractivity contribution in [2.45, 2.75) is 19.4 Å². The Morgan fingerprint density at radius 3 is 3.06 bits per heavy atom. The molecule has 5 heteroatoms. The highest BCUT2D eigenvalue weighted by Gasteiger charge is 2.26. The zero-order valence-corrected chi connectivity index (χ0v) is 12.1. The van der Waals surface area contributed by atoms with Crippen LogP contribution in [0.25, 0.3) is 0 Å². The lowest BCUT2D eigenvalue weighted by Gasteiger charge is -2.33. The van der Waals surface area contributed by atoms with Gasteiger partial charge in [0.15, 0.2) is 5.78 Å². The third-order valence-corrected chi connectivity index (χ3v) is 5.06. The Kier molecular flexibility index (Phi) is 4.36. The Labute approximate surface area is 114 Å². The number of aliphatic hydroxyl groups is 1. The molecule has 0 bridgehead atoms. The van der Waals surface area contributed by atoms with E-state index in [-0.39, 0.29) is 17.8 Å². The number of Topliss-reactive ketones (excluding diaryl/α,β-unsaturated/α-hetero) is 1. The summed E-state index contributed by atoms with van der Waals surface area (Å²) in [5.41, 5.74) is 0. The molecule has 17 heavy (non-hydrogen) atoms. The summed E-state index contributed by atoms with van der Waals surface area (Å²) in [6, 6.07) is 1.90. The van der Waals surface area contributed by atoms with E-state index >= 15 is 0 Å². The van der Waals surface area contributed by atoms with E-state index in [1.54, 1.807) is 0 Å². The third-order valence-electron chi connectivity index (χ3n) is 3.18. The zero-order valence-electron chi connectivity index (χ0n) is 9.73. The smallest absolute Gasteiger partial charge is 0.187 e. The fraction of sp³-hybridized carbons (Fsp3) is 0.583. The second-order valence-corrected chi connectivity index (χ2v) is 6.36. The van der Waals surface area contributed by atoms with Crippen molar-refractivity contribution in [3.63, 3.8) is 0 Å². The van der Waals surface area contributed by atoms with Gasteiger partial charge in [-0.25, -0.2) is 0 Å². The second-order valence-electron chi connectivity index (χ2n) is 4.59. The number of hydrogen-bond donors (Lipinski definition) is 1. The van der Waals surface area contributed by atoms with Gasteiger partial charge in [-0.2, -0.15) is 0 Å². The Bertz CT molecular complexity index is 407. The summed E-state index contributed by atoms with van der Waals surface area (Å²) in [5.74, 6) is 0.416. The van der Waals surface area contributed by atoms with Crippen molar-refractivity contribution in [2.75, 3.05) is 19.6 Å². The molecule has 0 aromatic carbocycles. The molecule has 2 heterocycles. The van der Waals surface area contributed by atoms with Crippen molar-refractivity contribution in [1.82, 2.24) is 4.90 Å². The average molecular weight is 318 g/mol. The van der Waals surface area contributed by atoms with Crippen molar-refractivity contribution in [3.05, 3.63) is 20.8 Å². The summed E-state index contributed by atoms with van der Waals surface area (Å²) < 4.78 is 0.887. The molecule has 2 unspecified atom stereocenters. The summed E-state index contributed by atoms with van der Waals surface area (Å²) in [6.07, 6.45) is 0.551. The maximum Gasteiger partial charge on any atom is 0.187 e. The predicted molar refractivity (Wildman–Crippen MR) is 72.6 cm³/mol. The lowest BCUT2D eigenvalue weighted by atomic mass is 9.96. The number of aliphatic hydroxyl groups excluding tert-OH is 1. The molecule has 1 N–H and O–H groups in total. The predicted octanol–water partition coefficient (Wildman–Crippen LogP) is 2.40. The number of piperidine rings is 1. The first kappa shape index (κ1) is 13.2. The fourth-order valence-electron chi connectivity index (χ4n) is 2.13. The van der Waals surface area contributed by atoms with Crippen LogP contribution in [0.3, 0.4) is 0 Å². The highest BCUT2D eigenvalue weighted by molar-refractivity contribution is 9.10. The molecular formula is C12H16BrNO2S. The monoisotopic (exact) mass is 317 g/mol. The molecule has 2 rings (SSSR count). The van der Waals surface area contributed by atoms with Gasteiger partial charge in [0.25, 0.3) is 0 Å². The van der Waals surface area contributed by atoms with Gasteiger partial charge >= 0.3 is 0 Å². The van der Waals surface area contributed by atoms with Gasteiger partial charge in [0.05, 0.1) is 17.5 Å². The molecule has 2 atom stereocenters. The molecule has 1 aliphatic heterocycles. The van der Waals surface area contributed by atoms with Gasteiger partial charge in [-0.3, -0.25) is 9.69 Å². The van der Waals surface area contributed by atoms with Crippen molar-refractivity contribution in [1.29, 1.82) is 0 Å². The quantitative estimate of drug-likeness (QED) is 0.870. The van der Waals surface area contributed by atoms with Gasteiger partial charge in [-0.1, -0.05) is 6.92 Å². The van der Waals surface area contributed by atoms with E-state index in [0.717, 1.165) is 28.9 Å². The van der Waals surface area contributed by atoms with Crippen LogP contribution >= 0.6 is 27.3 Å². The molecule has 1 fully saturated rings. The number of ketones is 1. The van der Waals surface area contributed by atoms with E-state index in [1.807, 2.05) is 18.4 Å². The average Bonchev–Trinajstić information content (AvgIpc) is 2.70. The van der Waals surface area contributed by atoms with Crippen LogP contribution in [0, 0.1) is 5.92 Å². The number of likely N-dealkylation sites (tertiary alicyclic amines) is 1. The first-order chi connectivity index (χ1) is 8.08. The standard InChI is InChI=1S/C12H16BrNO2S/c1-8-6-14(4-2-10(8)15)7-11(16)12-9(13)3-5-17-12/h3,5,8,10,15H,2,4,6-7H2,1H3.